The summed E-state index contributed by atoms with van der Waals surface area (Å²) in [5, 5.41) is 2.47. The van der Waals surface area contributed by atoms with Gasteiger partial charge in [-0.05, 0) is 62.2 Å². The van der Waals surface area contributed by atoms with Gasteiger partial charge in [0.05, 0.1) is 13.2 Å². The van der Waals surface area contributed by atoms with Crippen LogP contribution in [0.1, 0.15) is 25.0 Å². The zero-order chi connectivity index (χ0) is 21.2. The highest BCUT2D eigenvalue weighted by Gasteiger charge is 2.08. The normalized spacial score (nSPS) is 10.6. The Kier molecular flexibility index (Phi) is 8.21. The SMILES string of the molecule is CCOc1ccc(/C=C/C(=O)OCC(=O)Nc2ccc(C)c(F)c2)cc1OCC. The monoisotopic (exact) mass is 401 g/mol. The van der Waals surface area contributed by atoms with Crippen molar-refractivity contribution in [2.75, 3.05) is 25.1 Å². The summed E-state index contributed by atoms with van der Waals surface area (Å²) in [7, 11) is 0. The van der Waals surface area contributed by atoms with Crippen molar-refractivity contribution in [1.29, 1.82) is 0 Å². The van der Waals surface area contributed by atoms with E-state index in [9.17, 15) is 14.0 Å². The standard InChI is InChI=1S/C22H24FNO5/c1-4-27-19-10-7-16(12-20(19)28-5-2)8-11-22(26)29-14-21(25)24-17-9-6-15(3)18(23)13-17/h6-13H,4-5,14H2,1-3H3,(H,24,25)/b11-8+. The average Bonchev–Trinajstić information content (AvgIpc) is 2.69. The van der Waals surface area contributed by atoms with Gasteiger partial charge in [-0.15, -0.1) is 0 Å². The van der Waals surface area contributed by atoms with Crippen molar-refractivity contribution < 1.29 is 28.2 Å². The molecule has 0 spiro atoms. The fourth-order valence-corrected chi connectivity index (χ4v) is 2.39. The molecule has 2 aromatic rings. The van der Waals surface area contributed by atoms with E-state index in [2.05, 4.69) is 5.32 Å². The summed E-state index contributed by atoms with van der Waals surface area (Å²) in [6.45, 7) is 5.88. The fourth-order valence-electron chi connectivity index (χ4n) is 2.39. The number of aryl methyl sites for hydroxylation is 1. The number of halogens is 1. The Balaban J connectivity index is 1.89. The summed E-state index contributed by atoms with van der Waals surface area (Å²) in [5.74, 6) is -0.464. The highest BCUT2D eigenvalue weighted by Crippen LogP contribution is 2.29. The number of esters is 1. The van der Waals surface area contributed by atoms with E-state index in [0.717, 1.165) is 0 Å². The molecule has 29 heavy (non-hydrogen) atoms. The third-order valence-corrected chi connectivity index (χ3v) is 3.78. The predicted octanol–water partition coefficient (Wildman–Crippen LogP) is 4.13. The number of amides is 1. The summed E-state index contributed by atoms with van der Waals surface area (Å²) < 4.78 is 29.4. The van der Waals surface area contributed by atoms with Crippen LogP contribution in [0.25, 0.3) is 6.08 Å². The highest BCUT2D eigenvalue weighted by atomic mass is 19.1. The molecule has 7 heteroatoms. The van der Waals surface area contributed by atoms with Crippen LogP contribution in [0.3, 0.4) is 0 Å². The molecule has 0 saturated carbocycles. The zero-order valence-electron chi connectivity index (χ0n) is 16.7. The second kappa shape index (κ2) is 10.8. The molecule has 2 aromatic carbocycles. The lowest BCUT2D eigenvalue weighted by Crippen LogP contribution is -2.20. The van der Waals surface area contributed by atoms with Gasteiger partial charge in [0.1, 0.15) is 5.82 Å². The fraction of sp³-hybridized carbons (Fsp3) is 0.273. The molecular formula is C22H24FNO5. The first-order valence-electron chi connectivity index (χ1n) is 9.23. The lowest BCUT2D eigenvalue weighted by molar-refractivity contribution is -0.142. The van der Waals surface area contributed by atoms with Crippen LogP contribution in [-0.2, 0) is 14.3 Å². The van der Waals surface area contributed by atoms with Gasteiger partial charge in [-0.2, -0.15) is 0 Å². The van der Waals surface area contributed by atoms with E-state index in [4.69, 9.17) is 14.2 Å². The van der Waals surface area contributed by atoms with Gasteiger partial charge < -0.3 is 19.5 Å². The molecule has 0 aliphatic rings. The Morgan fingerprint density at radius 1 is 1.03 bits per heavy atom. The Morgan fingerprint density at radius 3 is 2.45 bits per heavy atom. The van der Waals surface area contributed by atoms with Crippen LogP contribution in [0, 0.1) is 12.7 Å². The number of nitrogens with one attached hydrogen (secondary N) is 1. The van der Waals surface area contributed by atoms with Crippen molar-refractivity contribution in [3.8, 4) is 11.5 Å². The molecule has 0 aliphatic heterocycles. The lowest BCUT2D eigenvalue weighted by Gasteiger charge is -2.11. The number of hydrogen-bond acceptors (Lipinski definition) is 5. The van der Waals surface area contributed by atoms with E-state index in [-0.39, 0.29) is 0 Å². The van der Waals surface area contributed by atoms with Crippen LogP contribution >= 0.6 is 0 Å². The molecule has 2 rings (SSSR count). The summed E-state index contributed by atoms with van der Waals surface area (Å²) >= 11 is 0. The number of hydrogen-bond donors (Lipinski definition) is 1. The number of rotatable bonds is 9. The van der Waals surface area contributed by atoms with Crippen LogP contribution < -0.4 is 14.8 Å². The van der Waals surface area contributed by atoms with E-state index < -0.39 is 24.3 Å². The van der Waals surface area contributed by atoms with Crippen molar-refractivity contribution in [3.05, 3.63) is 59.4 Å². The molecule has 1 amide bonds. The first kappa shape index (κ1) is 21.9. The maximum Gasteiger partial charge on any atom is 0.331 e. The summed E-state index contributed by atoms with van der Waals surface area (Å²) in [5.41, 5.74) is 1.48. The molecule has 0 fully saturated rings. The summed E-state index contributed by atoms with van der Waals surface area (Å²) in [6.07, 6.45) is 2.76. The maximum atomic E-state index is 13.5. The topological polar surface area (TPSA) is 73.9 Å². The average molecular weight is 401 g/mol. The van der Waals surface area contributed by atoms with Gasteiger partial charge in [0.15, 0.2) is 18.1 Å². The van der Waals surface area contributed by atoms with Gasteiger partial charge in [-0.25, -0.2) is 9.18 Å². The largest absolute Gasteiger partial charge is 0.490 e. The molecule has 0 aliphatic carbocycles. The minimum Gasteiger partial charge on any atom is -0.490 e. The summed E-state index contributed by atoms with van der Waals surface area (Å²) in [4.78, 5) is 23.7. The molecule has 0 saturated heterocycles. The Labute approximate surface area is 169 Å². The minimum absolute atomic E-state index is 0.294. The molecule has 154 valence electrons. The van der Waals surface area contributed by atoms with Crippen molar-refractivity contribution >= 4 is 23.6 Å². The van der Waals surface area contributed by atoms with Gasteiger partial charge in [0.2, 0.25) is 0 Å². The molecule has 0 unspecified atom stereocenters. The van der Waals surface area contributed by atoms with Gasteiger partial charge >= 0.3 is 5.97 Å². The third-order valence-electron chi connectivity index (χ3n) is 3.78. The van der Waals surface area contributed by atoms with Crippen LogP contribution in [0.2, 0.25) is 0 Å². The Hall–Kier alpha value is -3.35. The van der Waals surface area contributed by atoms with Crippen LogP contribution in [0.15, 0.2) is 42.5 Å². The van der Waals surface area contributed by atoms with E-state index >= 15 is 0 Å². The van der Waals surface area contributed by atoms with Gasteiger partial charge in [-0.3, -0.25) is 4.79 Å². The van der Waals surface area contributed by atoms with Crippen LogP contribution in [0.4, 0.5) is 10.1 Å². The Morgan fingerprint density at radius 2 is 1.76 bits per heavy atom. The quantitative estimate of drug-likeness (QED) is 0.505. The predicted molar refractivity (Wildman–Crippen MR) is 109 cm³/mol. The molecule has 0 heterocycles. The number of anilines is 1. The number of carbonyl (C=O) groups is 2. The van der Waals surface area contributed by atoms with E-state index in [1.807, 2.05) is 13.8 Å². The summed E-state index contributed by atoms with van der Waals surface area (Å²) in [6, 6.07) is 9.60. The number of carbonyl (C=O) groups excluding carboxylic acids is 2. The Bertz CT molecular complexity index is 895. The second-order valence-electron chi connectivity index (χ2n) is 6.03. The molecule has 0 atom stereocenters. The molecule has 6 nitrogen and oxygen atoms in total. The lowest BCUT2D eigenvalue weighted by atomic mass is 10.2. The van der Waals surface area contributed by atoms with E-state index in [1.165, 1.54) is 12.1 Å². The zero-order valence-corrected chi connectivity index (χ0v) is 16.7. The van der Waals surface area contributed by atoms with Crippen LogP contribution in [-0.4, -0.2) is 31.7 Å². The minimum atomic E-state index is -0.679. The van der Waals surface area contributed by atoms with Crippen molar-refractivity contribution in [2.45, 2.75) is 20.8 Å². The van der Waals surface area contributed by atoms with Crippen molar-refractivity contribution in [3.63, 3.8) is 0 Å². The molecule has 0 aromatic heterocycles. The second-order valence-corrected chi connectivity index (χ2v) is 6.03. The molecule has 0 bridgehead atoms. The highest BCUT2D eigenvalue weighted by molar-refractivity contribution is 5.94. The molecule has 1 N–H and O–H groups in total. The van der Waals surface area contributed by atoms with Crippen molar-refractivity contribution in [1.82, 2.24) is 0 Å². The number of benzene rings is 2. The van der Waals surface area contributed by atoms with Gasteiger partial charge in [0.25, 0.3) is 5.91 Å². The smallest absolute Gasteiger partial charge is 0.331 e. The molecule has 0 radical (unpaired) electrons. The van der Waals surface area contributed by atoms with E-state index in [1.54, 1.807) is 43.3 Å². The van der Waals surface area contributed by atoms with E-state index in [0.29, 0.717) is 41.5 Å². The van der Waals surface area contributed by atoms with Gasteiger partial charge in [-0.1, -0.05) is 12.1 Å². The maximum absolute atomic E-state index is 13.5. The first-order chi connectivity index (χ1) is 13.9. The third kappa shape index (κ3) is 6.95. The van der Waals surface area contributed by atoms with Crippen molar-refractivity contribution in [2.24, 2.45) is 0 Å². The van der Waals surface area contributed by atoms with Gasteiger partial charge in [0, 0.05) is 11.8 Å². The molecular weight excluding hydrogens is 377 g/mol. The first-order valence-corrected chi connectivity index (χ1v) is 9.23. The van der Waals surface area contributed by atoms with Crippen LogP contribution in [0.5, 0.6) is 11.5 Å². The number of ether oxygens (including phenoxy) is 3.